The minimum absolute atomic E-state index is 0.373. The SMILES string of the molecule is COc1ccc(-c2c(C(N)=O)c(C)n(CCC(C)C)c2C)cc1C. The summed E-state index contributed by atoms with van der Waals surface area (Å²) in [5, 5.41) is 0. The molecule has 0 saturated heterocycles. The molecule has 0 fully saturated rings. The van der Waals surface area contributed by atoms with Crippen molar-refractivity contribution in [3.05, 3.63) is 40.7 Å². The normalized spacial score (nSPS) is 11.1. The van der Waals surface area contributed by atoms with Gasteiger partial charge in [0, 0.05) is 23.5 Å². The fraction of sp³-hybridized carbons (Fsp3) is 0.450. The molecule has 24 heavy (non-hydrogen) atoms. The Morgan fingerprint density at radius 2 is 1.88 bits per heavy atom. The van der Waals surface area contributed by atoms with Gasteiger partial charge in [0.25, 0.3) is 5.91 Å². The maximum Gasteiger partial charge on any atom is 0.251 e. The van der Waals surface area contributed by atoms with Crippen LogP contribution < -0.4 is 10.5 Å². The monoisotopic (exact) mass is 328 g/mol. The minimum Gasteiger partial charge on any atom is -0.496 e. The second-order valence-corrected chi connectivity index (χ2v) is 6.80. The highest BCUT2D eigenvalue weighted by Crippen LogP contribution is 2.34. The van der Waals surface area contributed by atoms with E-state index in [1.807, 2.05) is 26.0 Å². The lowest BCUT2D eigenvalue weighted by atomic mass is 9.98. The second-order valence-electron chi connectivity index (χ2n) is 6.80. The molecule has 1 amide bonds. The molecule has 0 spiro atoms. The lowest BCUT2D eigenvalue weighted by Gasteiger charge is -2.12. The summed E-state index contributed by atoms with van der Waals surface area (Å²) in [5.41, 5.74) is 11.4. The van der Waals surface area contributed by atoms with Gasteiger partial charge in [-0.2, -0.15) is 0 Å². The predicted molar refractivity (Wildman–Crippen MR) is 98.6 cm³/mol. The Kier molecular flexibility index (Phi) is 5.37. The van der Waals surface area contributed by atoms with E-state index in [0.717, 1.165) is 46.8 Å². The minimum atomic E-state index is -0.373. The Morgan fingerprint density at radius 3 is 2.38 bits per heavy atom. The number of aromatic nitrogens is 1. The number of hydrogen-bond acceptors (Lipinski definition) is 2. The van der Waals surface area contributed by atoms with E-state index in [2.05, 4.69) is 31.4 Å². The van der Waals surface area contributed by atoms with Crippen LogP contribution in [0.1, 0.15) is 47.6 Å². The number of aryl methyl sites for hydroxylation is 1. The predicted octanol–water partition coefficient (Wildman–Crippen LogP) is 4.23. The average molecular weight is 328 g/mol. The summed E-state index contributed by atoms with van der Waals surface area (Å²) >= 11 is 0. The Bertz CT molecular complexity index is 757. The first kappa shape index (κ1) is 18.1. The summed E-state index contributed by atoms with van der Waals surface area (Å²) in [4.78, 5) is 12.1. The molecule has 0 bridgehead atoms. The molecule has 2 aromatic rings. The van der Waals surface area contributed by atoms with E-state index in [1.165, 1.54) is 0 Å². The number of primary amides is 1. The van der Waals surface area contributed by atoms with Crippen LogP contribution in [0.4, 0.5) is 0 Å². The van der Waals surface area contributed by atoms with Crippen molar-refractivity contribution in [2.75, 3.05) is 7.11 Å². The smallest absolute Gasteiger partial charge is 0.251 e. The average Bonchev–Trinajstić information content (AvgIpc) is 2.76. The van der Waals surface area contributed by atoms with Crippen LogP contribution in [-0.4, -0.2) is 17.6 Å². The molecule has 0 unspecified atom stereocenters. The number of hydrogen-bond donors (Lipinski definition) is 1. The van der Waals surface area contributed by atoms with E-state index in [0.29, 0.717) is 11.5 Å². The molecule has 4 heteroatoms. The third-order valence-electron chi connectivity index (χ3n) is 4.64. The van der Waals surface area contributed by atoms with Crippen molar-refractivity contribution in [3.8, 4) is 16.9 Å². The Morgan fingerprint density at radius 1 is 1.21 bits per heavy atom. The molecule has 4 nitrogen and oxygen atoms in total. The van der Waals surface area contributed by atoms with Gasteiger partial charge >= 0.3 is 0 Å². The molecule has 0 aliphatic heterocycles. The van der Waals surface area contributed by atoms with Gasteiger partial charge in [0.05, 0.1) is 12.7 Å². The van der Waals surface area contributed by atoms with Gasteiger partial charge in [0.1, 0.15) is 5.75 Å². The van der Waals surface area contributed by atoms with E-state index in [-0.39, 0.29) is 5.91 Å². The van der Waals surface area contributed by atoms with Gasteiger partial charge in [-0.3, -0.25) is 4.79 Å². The van der Waals surface area contributed by atoms with Crippen LogP contribution in [0.3, 0.4) is 0 Å². The van der Waals surface area contributed by atoms with Gasteiger partial charge in [0.2, 0.25) is 0 Å². The van der Waals surface area contributed by atoms with E-state index in [9.17, 15) is 4.79 Å². The van der Waals surface area contributed by atoms with E-state index in [1.54, 1.807) is 7.11 Å². The molecular formula is C20H28N2O2. The molecule has 2 rings (SSSR count). The fourth-order valence-corrected chi connectivity index (χ4v) is 3.29. The molecule has 1 aromatic carbocycles. The molecule has 130 valence electrons. The molecular weight excluding hydrogens is 300 g/mol. The number of rotatable bonds is 6. The summed E-state index contributed by atoms with van der Waals surface area (Å²) in [7, 11) is 1.66. The van der Waals surface area contributed by atoms with Gasteiger partial charge < -0.3 is 15.0 Å². The number of carbonyl (C=O) groups excluding carboxylic acids is 1. The number of ether oxygens (including phenoxy) is 1. The third kappa shape index (κ3) is 3.32. The maximum atomic E-state index is 12.1. The van der Waals surface area contributed by atoms with Crippen LogP contribution in [0.5, 0.6) is 5.75 Å². The summed E-state index contributed by atoms with van der Waals surface area (Å²) < 4.78 is 7.56. The standard InChI is InChI=1S/C20H28N2O2/c1-12(2)9-10-22-14(4)18(19(15(22)5)20(21)23)16-7-8-17(24-6)13(3)11-16/h7-8,11-12H,9-10H2,1-6H3,(H2,21,23). The summed E-state index contributed by atoms with van der Waals surface area (Å²) in [6.45, 7) is 11.4. The van der Waals surface area contributed by atoms with Gasteiger partial charge in [-0.05, 0) is 56.4 Å². The highest BCUT2D eigenvalue weighted by atomic mass is 16.5. The zero-order valence-electron chi connectivity index (χ0n) is 15.6. The first-order valence-electron chi connectivity index (χ1n) is 8.42. The number of benzene rings is 1. The van der Waals surface area contributed by atoms with E-state index in [4.69, 9.17) is 10.5 Å². The largest absolute Gasteiger partial charge is 0.496 e. The molecule has 1 aromatic heterocycles. The van der Waals surface area contributed by atoms with Crippen molar-refractivity contribution in [2.45, 2.75) is 47.6 Å². The van der Waals surface area contributed by atoms with Crippen molar-refractivity contribution < 1.29 is 9.53 Å². The van der Waals surface area contributed by atoms with E-state index < -0.39 is 0 Å². The van der Waals surface area contributed by atoms with Crippen molar-refractivity contribution in [2.24, 2.45) is 11.7 Å². The second kappa shape index (κ2) is 7.12. The summed E-state index contributed by atoms with van der Waals surface area (Å²) in [6, 6.07) is 5.99. The quantitative estimate of drug-likeness (QED) is 0.862. The Hall–Kier alpha value is -2.23. The first-order chi connectivity index (χ1) is 11.3. The van der Waals surface area contributed by atoms with Crippen LogP contribution in [0.15, 0.2) is 18.2 Å². The zero-order valence-corrected chi connectivity index (χ0v) is 15.6. The van der Waals surface area contributed by atoms with Crippen LogP contribution in [-0.2, 0) is 6.54 Å². The van der Waals surface area contributed by atoms with Crippen LogP contribution in [0.25, 0.3) is 11.1 Å². The topological polar surface area (TPSA) is 57.2 Å². The number of nitrogens with two attached hydrogens (primary N) is 1. The molecule has 1 heterocycles. The van der Waals surface area contributed by atoms with Crippen molar-refractivity contribution in [3.63, 3.8) is 0 Å². The molecule has 0 saturated carbocycles. The number of methoxy groups -OCH3 is 1. The highest BCUT2D eigenvalue weighted by molar-refractivity contribution is 6.02. The first-order valence-corrected chi connectivity index (χ1v) is 8.42. The lowest BCUT2D eigenvalue weighted by molar-refractivity contribution is 0.1000. The van der Waals surface area contributed by atoms with Crippen molar-refractivity contribution in [1.29, 1.82) is 0 Å². The molecule has 0 atom stereocenters. The number of nitrogens with zero attached hydrogens (tertiary/aromatic N) is 1. The van der Waals surface area contributed by atoms with E-state index >= 15 is 0 Å². The highest BCUT2D eigenvalue weighted by Gasteiger charge is 2.22. The summed E-state index contributed by atoms with van der Waals surface area (Å²) in [5.74, 6) is 1.07. The molecule has 0 radical (unpaired) electrons. The Balaban J connectivity index is 2.62. The van der Waals surface area contributed by atoms with Crippen LogP contribution >= 0.6 is 0 Å². The van der Waals surface area contributed by atoms with Gasteiger partial charge in [-0.25, -0.2) is 0 Å². The lowest BCUT2D eigenvalue weighted by Crippen LogP contribution is -2.13. The zero-order chi connectivity index (χ0) is 18.0. The molecule has 0 aliphatic rings. The van der Waals surface area contributed by atoms with Crippen LogP contribution in [0.2, 0.25) is 0 Å². The molecule has 2 N–H and O–H groups in total. The van der Waals surface area contributed by atoms with Crippen LogP contribution in [0, 0.1) is 26.7 Å². The van der Waals surface area contributed by atoms with Crippen molar-refractivity contribution in [1.82, 2.24) is 4.57 Å². The van der Waals surface area contributed by atoms with Gasteiger partial charge in [-0.1, -0.05) is 19.9 Å². The van der Waals surface area contributed by atoms with Crippen molar-refractivity contribution >= 4 is 5.91 Å². The number of amides is 1. The Labute approximate surface area is 144 Å². The maximum absolute atomic E-state index is 12.1. The summed E-state index contributed by atoms with van der Waals surface area (Å²) in [6.07, 6.45) is 1.07. The third-order valence-corrected chi connectivity index (χ3v) is 4.64. The van der Waals surface area contributed by atoms with Gasteiger partial charge in [0.15, 0.2) is 0 Å². The fourth-order valence-electron chi connectivity index (χ4n) is 3.29. The number of carbonyl (C=O) groups is 1. The molecule has 0 aliphatic carbocycles. The van der Waals surface area contributed by atoms with Gasteiger partial charge in [-0.15, -0.1) is 0 Å².